The van der Waals surface area contributed by atoms with Crippen LogP contribution >= 0.6 is 11.8 Å². The molecule has 2 aromatic heterocycles. The molecule has 4 aromatic rings. The van der Waals surface area contributed by atoms with Gasteiger partial charge in [-0.05, 0) is 25.0 Å². The van der Waals surface area contributed by atoms with Gasteiger partial charge in [-0.25, -0.2) is 4.98 Å². The number of aromatic nitrogens is 3. The molecule has 1 fully saturated rings. The molecule has 6 nitrogen and oxygen atoms in total. The summed E-state index contributed by atoms with van der Waals surface area (Å²) in [6.07, 6.45) is 2.05. The second-order valence-corrected chi connectivity index (χ2v) is 8.24. The highest BCUT2D eigenvalue weighted by atomic mass is 32.2. The lowest BCUT2D eigenvalue weighted by Gasteiger charge is -2.16. The molecule has 3 heterocycles. The van der Waals surface area contributed by atoms with Gasteiger partial charge in [0.05, 0.1) is 29.2 Å². The minimum Gasteiger partial charge on any atom is -0.376 e. The Hall–Kier alpha value is -2.90. The van der Waals surface area contributed by atoms with Gasteiger partial charge in [0.25, 0.3) is 5.56 Å². The third-order valence-electron chi connectivity index (χ3n) is 5.20. The van der Waals surface area contributed by atoms with E-state index in [-0.39, 0.29) is 11.7 Å². The van der Waals surface area contributed by atoms with Crippen LogP contribution in [0.2, 0.25) is 0 Å². The average molecular weight is 420 g/mol. The van der Waals surface area contributed by atoms with Crippen molar-refractivity contribution in [2.24, 2.45) is 0 Å². The molecular weight excluding hydrogens is 398 g/mol. The maximum Gasteiger partial charge on any atom is 0.262 e. The van der Waals surface area contributed by atoms with Crippen molar-refractivity contribution >= 4 is 22.7 Å². The van der Waals surface area contributed by atoms with Crippen LogP contribution in [0.4, 0.5) is 0 Å². The third-order valence-corrected chi connectivity index (χ3v) is 6.21. The molecule has 0 radical (unpaired) electrons. The lowest BCUT2D eigenvalue weighted by molar-refractivity contribution is 0.0937. The van der Waals surface area contributed by atoms with E-state index in [4.69, 9.17) is 14.2 Å². The van der Waals surface area contributed by atoms with E-state index in [0.717, 1.165) is 36.5 Å². The summed E-state index contributed by atoms with van der Waals surface area (Å²) in [5, 5.41) is 5.50. The number of nitrogens with zero attached hydrogens (tertiary/aromatic N) is 3. The third kappa shape index (κ3) is 3.91. The molecule has 0 unspecified atom stereocenters. The Morgan fingerprint density at radius 2 is 1.93 bits per heavy atom. The number of hydrogen-bond acceptors (Lipinski definition) is 6. The molecule has 0 saturated carbocycles. The van der Waals surface area contributed by atoms with Crippen LogP contribution in [0, 0.1) is 0 Å². The van der Waals surface area contributed by atoms with Gasteiger partial charge in [-0.15, -0.1) is 0 Å². The summed E-state index contributed by atoms with van der Waals surface area (Å²) in [7, 11) is 0. The summed E-state index contributed by atoms with van der Waals surface area (Å²) >= 11 is 1.49. The average Bonchev–Trinajstić information content (AvgIpc) is 3.47. The van der Waals surface area contributed by atoms with Crippen LogP contribution in [0.3, 0.4) is 0 Å². The number of hydrogen-bond donors (Lipinski definition) is 0. The number of fused-ring (bicyclic) bond motifs is 1. The summed E-state index contributed by atoms with van der Waals surface area (Å²) in [6, 6.07) is 19.3. The van der Waals surface area contributed by atoms with Crippen molar-refractivity contribution < 1.29 is 9.26 Å². The Balaban J connectivity index is 1.43. The van der Waals surface area contributed by atoms with Gasteiger partial charge < -0.3 is 9.26 Å². The first kappa shape index (κ1) is 19.1. The van der Waals surface area contributed by atoms with E-state index in [1.54, 1.807) is 4.57 Å². The number of thioether (sulfide) groups is 1. The van der Waals surface area contributed by atoms with Crippen molar-refractivity contribution in [1.82, 2.24) is 14.7 Å². The zero-order valence-corrected chi connectivity index (χ0v) is 17.2. The molecule has 5 rings (SSSR count). The van der Waals surface area contributed by atoms with Crippen molar-refractivity contribution in [3.05, 3.63) is 76.7 Å². The predicted octanol–water partition coefficient (Wildman–Crippen LogP) is 4.52. The second-order valence-electron chi connectivity index (χ2n) is 7.30. The van der Waals surface area contributed by atoms with Crippen LogP contribution < -0.4 is 5.56 Å². The van der Waals surface area contributed by atoms with Gasteiger partial charge >= 0.3 is 0 Å². The van der Waals surface area contributed by atoms with Crippen molar-refractivity contribution in [3.63, 3.8) is 0 Å². The largest absolute Gasteiger partial charge is 0.376 e. The van der Waals surface area contributed by atoms with Crippen LogP contribution in [0.1, 0.15) is 18.5 Å². The molecule has 152 valence electrons. The van der Waals surface area contributed by atoms with Crippen molar-refractivity contribution in [2.45, 2.75) is 36.4 Å². The van der Waals surface area contributed by atoms with Crippen molar-refractivity contribution in [3.8, 4) is 11.3 Å². The predicted molar refractivity (Wildman–Crippen MR) is 116 cm³/mol. The fraction of sp³-hybridized carbons (Fsp3) is 0.261. The van der Waals surface area contributed by atoms with Crippen LogP contribution in [-0.2, 0) is 17.0 Å². The topological polar surface area (TPSA) is 70.2 Å². The summed E-state index contributed by atoms with van der Waals surface area (Å²) in [5.74, 6) is 1.29. The van der Waals surface area contributed by atoms with Gasteiger partial charge in [0.1, 0.15) is 0 Å². The van der Waals surface area contributed by atoms with Crippen LogP contribution in [0.25, 0.3) is 22.2 Å². The highest BCUT2D eigenvalue weighted by Gasteiger charge is 2.20. The first-order valence-electron chi connectivity index (χ1n) is 10.0. The first-order valence-corrected chi connectivity index (χ1v) is 11.0. The summed E-state index contributed by atoms with van der Waals surface area (Å²) in [5.41, 5.74) is 2.48. The molecule has 1 aliphatic heterocycles. The monoisotopic (exact) mass is 419 g/mol. The summed E-state index contributed by atoms with van der Waals surface area (Å²) in [6.45, 7) is 1.27. The Kier molecular flexibility index (Phi) is 5.38. The molecule has 0 N–H and O–H groups in total. The molecule has 0 aliphatic carbocycles. The quantitative estimate of drug-likeness (QED) is 0.338. The van der Waals surface area contributed by atoms with Crippen LogP contribution in [-0.4, -0.2) is 27.4 Å². The standard InChI is InChI=1S/C23H21N3O3S/c27-22-19-10-4-5-11-20(19)24-23(26(22)14-18-9-6-12-28-18)30-15-17-13-21(29-25-17)16-7-2-1-3-8-16/h1-5,7-8,10-11,13,18H,6,9,12,14-15H2/t18-/m1/s1. The highest BCUT2D eigenvalue weighted by Crippen LogP contribution is 2.26. The minimum atomic E-state index is -0.0243. The Bertz CT molecular complexity index is 1210. The lowest BCUT2D eigenvalue weighted by Crippen LogP contribution is -2.28. The number of ether oxygens (including phenoxy) is 1. The molecule has 7 heteroatoms. The van der Waals surface area contributed by atoms with E-state index in [1.165, 1.54) is 11.8 Å². The van der Waals surface area contributed by atoms with E-state index in [2.05, 4.69) is 5.16 Å². The van der Waals surface area contributed by atoms with E-state index in [9.17, 15) is 4.79 Å². The maximum absolute atomic E-state index is 13.2. The first-order chi connectivity index (χ1) is 14.8. The van der Waals surface area contributed by atoms with Gasteiger partial charge in [0, 0.05) is 24.0 Å². The molecule has 0 bridgehead atoms. The summed E-state index contributed by atoms with van der Waals surface area (Å²) in [4.78, 5) is 17.9. The molecule has 2 aromatic carbocycles. The van der Waals surface area contributed by atoms with Gasteiger partial charge in [-0.3, -0.25) is 9.36 Å². The number of para-hydroxylation sites is 1. The van der Waals surface area contributed by atoms with Crippen molar-refractivity contribution in [1.29, 1.82) is 0 Å². The molecule has 1 aliphatic rings. The maximum atomic E-state index is 13.2. The SMILES string of the molecule is O=c1c2ccccc2nc(SCc2cc(-c3ccccc3)on2)n1C[C@H]1CCCO1. The smallest absolute Gasteiger partial charge is 0.262 e. The molecule has 0 amide bonds. The Morgan fingerprint density at radius 1 is 1.10 bits per heavy atom. The molecular formula is C23H21N3O3S. The fourth-order valence-electron chi connectivity index (χ4n) is 3.67. The van der Waals surface area contributed by atoms with E-state index < -0.39 is 0 Å². The van der Waals surface area contributed by atoms with E-state index in [1.807, 2.05) is 60.7 Å². The van der Waals surface area contributed by atoms with Gasteiger partial charge in [-0.1, -0.05) is 59.4 Å². The fourth-order valence-corrected chi connectivity index (χ4v) is 4.56. The van der Waals surface area contributed by atoms with E-state index in [0.29, 0.717) is 28.4 Å². The number of rotatable bonds is 6. The molecule has 1 saturated heterocycles. The van der Waals surface area contributed by atoms with Gasteiger partial charge in [-0.2, -0.15) is 0 Å². The zero-order valence-electron chi connectivity index (χ0n) is 16.4. The van der Waals surface area contributed by atoms with Crippen LogP contribution in [0.5, 0.6) is 0 Å². The summed E-state index contributed by atoms with van der Waals surface area (Å²) < 4.78 is 13.0. The van der Waals surface area contributed by atoms with Gasteiger partial charge in [0.15, 0.2) is 10.9 Å². The number of benzene rings is 2. The van der Waals surface area contributed by atoms with Crippen LogP contribution in [0.15, 0.2) is 75.1 Å². The normalized spacial score (nSPS) is 16.3. The molecule has 1 atom stereocenters. The van der Waals surface area contributed by atoms with E-state index >= 15 is 0 Å². The Labute approximate surface area is 177 Å². The second kappa shape index (κ2) is 8.45. The Morgan fingerprint density at radius 3 is 2.77 bits per heavy atom. The highest BCUT2D eigenvalue weighted by molar-refractivity contribution is 7.98. The van der Waals surface area contributed by atoms with Gasteiger partial charge in [0.2, 0.25) is 0 Å². The molecule has 0 spiro atoms. The lowest BCUT2D eigenvalue weighted by atomic mass is 10.2. The molecule has 30 heavy (non-hydrogen) atoms. The van der Waals surface area contributed by atoms with Crippen molar-refractivity contribution in [2.75, 3.05) is 6.61 Å². The minimum absolute atomic E-state index is 0.0243. The zero-order chi connectivity index (χ0) is 20.3.